The van der Waals surface area contributed by atoms with E-state index in [1.165, 1.54) is 0 Å². The van der Waals surface area contributed by atoms with Gasteiger partial charge in [-0.25, -0.2) is 0 Å². The quantitative estimate of drug-likeness (QED) is 0.760. The number of Topliss-reactive ketones (excluding diaryl/α,β-unsaturated/α-hetero) is 1. The van der Waals surface area contributed by atoms with Crippen molar-refractivity contribution in [2.75, 3.05) is 39.9 Å². The average molecular weight is 346 g/mol. The normalized spacial score (nSPS) is 21.4. The lowest BCUT2D eigenvalue weighted by atomic mass is 10.1. The highest BCUT2D eigenvalue weighted by molar-refractivity contribution is 5.94. The van der Waals surface area contributed by atoms with Crippen molar-refractivity contribution in [2.45, 2.75) is 32.4 Å². The van der Waals surface area contributed by atoms with Crippen LogP contribution in [0.1, 0.15) is 35.7 Å². The van der Waals surface area contributed by atoms with Gasteiger partial charge in [-0.05, 0) is 38.0 Å². The Bertz CT molecular complexity index is 632. The lowest BCUT2D eigenvalue weighted by molar-refractivity contribution is -0.142. The summed E-state index contributed by atoms with van der Waals surface area (Å²) in [4.78, 5) is 28.2. The average Bonchev–Trinajstić information content (AvgIpc) is 3.16. The maximum atomic E-state index is 12.4. The molecule has 0 spiro atoms. The predicted molar refractivity (Wildman–Crippen MR) is 93.8 cm³/mol. The number of piperazine rings is 1. The van der Waals surface area contributed by atoms with Gasteiger partial charge in [-0.2, -0.15) is 0 Å². The molecule has 1 aromatic rings. The summed E-state index contributed by atoms with van der Waals surface area (Å²) in [5, 5.41) is 0. The van der Waals surface area contributed by atoms with Crippen LogP contribution in [-0.4, -0.2) is 67.5 Å². The van der Waals surface area contributed by atoms with E-state index in [0.29, 0.717) is 31.8 Å². The summed E-state index contributed by atoms with van der Waals surface area (Å²) < 4.78 is 10.9. The number of amides is 1. The van der Waals surface area contributed by atoms with Crippen LogP contribution in [0, 0.1) is 0 Å². The van der Waals surface area contributed by atoms with Gasteiger partial charge in [0.25, 0.3) is 5.91 Å². The molecule has 0 unspecified atom stereocenters. The summed E-state index contributed by atoms with van der Waals surface area (Å²) in [6, 6.07) is 5.55. The van der Waals surface area contributed by atoms with Crippen LogP contribution in [0.5, 0.6) is 5.75 Å². The van der Waals surface area contributed by atoms with Gasteiger partial charge in [-0.1, -0.05) is 0 Å². The number of carbonyl (C=O) groups excluding carboxylic acids is 2. The SMILES string of the molecule is COc1ccc(C(C)=O)cc1CN1CCN(C(=O)[C@H]2CCCO2)CC1. The van der Waals surface area contributed by atoms with Crippen LogP contribution in [0.25, 0.3) is 0 Å². The molecule has 0 radical (unpaired) electrons. The van der Waals surface area contributed by atoms with E-state index in [1.807, 2.05) is 17.0 Å². The number of nitrogens with zero attached hydrogens (tertiary/aromatic N) is 2. The lowest BCUT2D eigenvalue weighted by Gasteiger charge is -2.36. The summed E-state index contributed by atoms with van der Waals surface area (Å²) in [6.07, 6.45) is 1.58. The zero-order chi connectivity index (χ0) is 17.8. The van der Waals surface area contributed by atoms with E-state index in [2.05, 4.69) is 4.90 Å². The summed E-state index contributed by atoms with van der Waals surface area (Å²) in [6.45, 7) is 6.04. The van der Waals surface area contributed by atoms with Crippen molar-refractivity contribution in [1.82, 2.24) is 9.80 Å². The number of hydrogen-bond acceptors (Lipinski definition) is 5. The third kappa shape index (κ3) is 4.19. The smallest absolute Gasteiger partial charge is 0.251 e. The highest BCUT2D eigenvalue weighted by atomic mass is 16.5. The number of ketones is 1. The second kappa shape index (κ2) is 7.97. The maximum absolute atomic E-state index is 12.4. The maximum Gasteiger partial charge on any atom is 0.251 e. The van der Waals surface area contributed by atoms with Crippen LogP contribution in [-0.2, 0) is 16.1 Å². The monoisotopic (exact) mass is 346 g/mol. The molecule has 2 fully saturated rings. The molecule has 0 saturated carbocycles. The fourth-order valence-corrected chi connectivity index (χ4v) is 3.46. The molecule has 2 saturated heterocycles. The van der Waals surface area contributed by atoms with E-state index in [1.54, 1.807) is 20.1 Å². The van der Waals surface area contributed by atoms with Crippen molar-refractivity contribution in [3.05, 3.63) is 29.3 Å². The molecule has 0 N–H and O–H groups in total. The molecule has 2 aliphatic heterocycles. The van der Waals surface area contributed by atoms with E-state index in [0.717, 1.165) is 37.2 Å². The van der Waals surface area contributed by atoms with Crippen LogP contribution in [0.2, 0.25) is 0 Å². The molecule has 2 heterocycles. The summed E-state index contributed by atoms with van der Waals surface area (Å²) >= 11 is 0. The molecular formula is C19H26N2O4. The van der Waals surface area contributed by atoms with Crippen molar-refractivity contribution in [2.24, 2.45) is 0 Å². The minimum absolute atomic E-state index is 0.0517. The Morgan fingerprint density at radius 1 is 1.24 bits per heavy atom. The Labute approximate surface area is 148 Å². The first-order chi connectivity index (χ1) is 12.1. The number of rotatable bonds is 5. The predicted octanol–water partition coefficient (Wildman–Crippen LogP) is 1.72. The Kier molecular flexibility index (Phi) is 5.71. The Hall–Kier alpha value is -1.92. The highest BCUT2D eigenvalue weighted by Crippen LogP contribution is 2.23. The first kappa shape index (κ1) is 17.9. The molecule has 6 heteroatoms. The Balaban J connectivity index is 1.59. The minimum Gasteiger partial charge on any atom is -0.496 e. The molecule has 0 aliphatic carbocycles. The minimum atomic E-state index is -0.237. The van der Waals surface area contributed by atoms with Crippen molar-refractivity contribution in [3.63, 3.8) is 0 Å². The molecule has 0 aromatic heterocycles. The second-order valence-corrected chi connectivity index (χ2v) is 6.69. The van der Waals surface area contributed by atoms with E-state index in [4.69, 9.17) is 9.47 Å². The third-order valence-corrected chi connectivity index (χ3v) is 4.97. The van der Waals surface area contributed by atoms with Gasteiger partial charge in [0.1, 0.15) is 11.9 Å². The van der Waals surface area contributed by atoms with Gasteiger partial charge in [0, 0.05) is 50.5 Å². The van der Waals surface area contributed by atoms with Gasteiger partial charge >= 0.3 is 0 Å². The van der Waals surface area contributed by atoms with Crippen molar-refractivity contribution < 1.29 is 19.1 Å². The molecule has 3 rings (SSSR count). The Morgan fingerprint density at radius 3 is 2.60 bits per heavy atom. The van der Waals surface area contributed by atoms with Crippen LogP contribution < -0.4 is 4.74 Å². The van der Waals surface area contributed by atoms with Crippen molar-refractivity contribution >= 4 is 11.7 Å². The van der Waals surface area contributed by atoms with Crippen LogP contribution in [0.3, 0.4) is 0 Å². The summed E-state index contributed by atoms with van der Waals surface area (Å²) in [5.74, 6) is 0.979. The fourth-order valence-electron chi connectivity index (χ4n) is 3.46. The lowest BCUT2D eigenvalue weighted by Crippen LogP contribution is -2.51. The largest absolute Gasteiger partial charge is 0.496 e. The van der Waals surface area contributed by atoms with Gasteiger partial charge in [-0.15, -0.1) is 0 Å². The van der Waals surface area contributed by atoms with E-state index in [9.17, 15) is 9.59 Å². The molecule has 6 nitrogen and oxygen atoms in total. The van der Waals surface area contributed by atoms with Crippen LogP contribution in [0.4, 0.5) is 0 Å². The third-order valence-electron chi connectivity index (χ3n) is 4.97. The fraction of sp³-hybridized carbons (Fsp3) is 0.579. The zero-order valence-electron chi connectivity index (χ0n) is 15.0. The number of carbonyl (C=O) groups is 2. The van der Waals surface area contributed by atoms with Gasteiger partial charge < -0.3 is 14.4 Å². The highest BCUT2D eigenvalue weighted by Gasteiger charge is 2.30. The first-order valence-electron chi connectivity index (χ1n) is 8.89. The number of ether oxygens (including phenoxy) is 2. The number of methoxy groups -OCH3 is 1. The topological polar surface area (TPSA) is 59.1 Å². The van der Waals surface area contributed by atoms with E-state index >= 15 is 0 Å². The first-order valence-corrected chi connectivity index (χ1v) is 8.89. The molecule has 1 atom stereocenters. The van der Waals surface area contributed by atoms with Gasteiger partial charge in [0.05, 0.1) is 7.11 Å². The Morgan fingerprint density at radius 2 is 2.00 bits per heavy atom. The van der Waals surface area contributed by atoms with E-state index in [-0.39, 0.29) is 17.8 Å². The number of benzene rings is 1. The zero-order valence-corrected chi connectivity index (χ0v) is 15.0. The van der Waals surface area contributed by atoms with Gasteiger partial charge in [-0.3, -0.25) is 14.5 Å². The van der Waals surface area contributed by atoms with Gasteiger partial charge in [0.2, 0.25) is 0 Å². The molecule has 25 heavy (non-hydrogen) atoms. The summed E-state index contributed by atoms with van der Waals surface area (Å²) in [5.41, 5.74) is 1.71. The van der Waals surface area contributed by atoms with Crippen molar-refractivity contribution in [1.29, 1.82) is 0 Å². The molecule has 2 aliphatic rings. The number of hydrogen-bond donors (Lipinski definition) is 0. The molecule has 0 bridgehead atoms. The van der Waals surface area contributed by atoms with Crippen LogP contribution >= 0.6 is 0 Å². The molecular weight excluding hydrogens is 320 g/mol. The summed E-state index contributed by atoms with van der Waals surface area (Å²) in [7, 11) is 1.64. The van der Waals surface area contributed by atoms with Crippen LogP contribution in [0.15, 0.2) is 18.2 Å². The molecule has 1 aromatic carbocycles. The standard InChI is InChI=1S/C19H26N2O4/c1-14(22)15-5-6-17(24-2)16(12-15)13-20-7-9-21(10-8-20)19(23)18-4-3-11-25-18/h5-6,12,18H,3-4,7-11,13H2,1-2H3/t18-/m1/s1. The second-order valence-electron chi connectivity index (χ2n) is 6.69. The van der Waals surface area contributed by atoms with E-state index < -0.39 is 0 Å². The molecule has 1 amide bonds. The van der Waals surface area contributed by atoms with Gasteiger partial charge in [0.15, 0.2) is 5.78 Å². The van der Waals surface area contributed by atoms with Crippen molar-refractivity contribution in [3.8, 4) is 5.75 Å². The molecule has 136 valence electrons.